The third-order valence-electron chi connectivity index (χ3n) is 3.21. The van der Waals surface area contributed by atoms with Crippen molar-refractivity contribution in [3.8, 4) is 0 Å². The van der Waals surface area contributed by atoms with Crippen molar-refractivity contribution in [2.45, 2.75) is 19.0 Å². The molecule has 1 aromatic heterocycles. The molecule has 7 heteroatoms. The minimum atomic E-state index is -2.82. The maximum absolute atomic E-state index is 11.5. The zero-order valence-corrected chi connectivity index (χ0v) is 14.2. The number of hydrogen-bond donors (Lipinski definition) is 1. The Bertz CT molecular complexity index is 516. The predicted octanol–water partition coefficient (Wildman–Crippen LogP) is 1.72. The molecule has 1 fully saturated rings. The Labute approximate surface area is 127 Å². The van der Waals surface area contributed by atoms with Gasteiger partial charge in [-0.25, -0.2) is 8.42 Å². The molecule has 1 aliphatic rings. The van der Waals surface area contributed by atoms with Gasteiger partial charge in [-0.1, -0.05) is 0 Å². The van der Waals surface area contributed by atoms with Crippen LogP contribution in [0.15, 0.2) is 15.9 Å². The van der Waals surface area contributed by atoms with Crippen molar-refractivity contribution < 1.29 is 8.42 Å². The van der Waals surface area contributed by atoms with E-state index in [9.17, 15) is 8.42 Å². The van der Waals surface area contributed by atoms with Crippen LogP contribution in [0.2, 0.25) is 0 Å². The minimum Gasteiger partial charge on any atom is -0.312 e. The maximum atomic E-state index is 11.5. The van der Waals surface area contributed by atoms with Gasteiger partial charge in [0.15, 0.2) is 9.84 Å². The fourth-order valence-electron chi connectivity index (χ4n) is 2.21. The maximum Gasteiger partial charge on any atom is 0.153 e. The highest BCUT2D eigenvalue weighted by Gasteiger charge is 2.24. The number of hydrogen-bond acceptors (Lipinski definition) is 5. The first-order valence-electron chi connectivity index (χ1n) is 6.30. The Morgan fingerprint density at radius 3 is 3.00 bits per heavy atom. The van der Waals surface area contributed by atoms with Crippen LogP contribution in [0, 0.1) is 0 Å². The van der Waals surface area contributed by atoms with E-state index >= 15 is 0 Å². The number of halogens is 1. The average Bonchev–Trinajstić information content (AvgIpc) is 2.71. The van der Waals surface area contributed by atoms with Crippen LogP contribution in [0.25, 0.3) is 0 Å². The van der Waals surface area contributed by atoms with Crippen molar-refractivity contribution >= 4 is 37.1 Å². The summed E-state index contributed by atoms with van der Waals surface area (Å²) in [6.45, 7) is 2.41. The van der Waals surface area contributed by atoms with Gasteiger partial charge in [0.1, 0.15) is 0 Å². The normalized spacial score (nSPS) is 22.8. The van der Waals surface area contributed by atoms with Crippen LogP contribution in [0.3, 0.4) is 0 Å². The Hall–Kier alpha value is 0.0500. The summed E-state index contributed by atoms with van der Waals surface area (Å²) in [6, 6.07) is 2.24. The molecule has 1 unspecified atom stereocenters. The largest absolute Gasteiger partial charge is 0.312 e. The van der Waals surface area contributed by atoms with Gasteiger partial charge in [-0.05, 0) is 42.0 Å². The van der Waals surface area contributed by atoms with E-state index in [4.69, 9.17) is 0 Å². The minimum absolute atomic E-state index is 0.108. The summed E-state index contributed by atoms with van der Waals surface area (Å²) in [5, 5.41) is 5.37. The molecule has 108 valence electrons. The first kappa shape index (κ1) is 15.4. The summed E-state index contributed by atoms with van der Waals surface area (Å²) in [7, 11) is -0.746. The Morgan fingerprint density at radius 1 is 1.58 bits per heavy atom. The predicted molar refractivity (Wildman–Crippen MR) is 83.4 cm³/mol. The molecule has 1 N–H and O–H groups in total. The molecule has 0 saturated carbocycles. The third kappa shape index (κ3) is 5.15. The Kier molecular flexibility index (Phi) is 5.42. The van der Waals surface area contributed by atoms with Crippen molar-refractivity contribution in [3.63, 3.8) is 0 Å². The molecule has 4 nitrogen and oxygen atoms in total. The van der Waals surface area contributed by atoms with Crippen molar-refractivity contribution in [2.75, 3.05) is 31.6 Å². The summed E-state index contributed by atoms with van der Waals surface area (Å²) in [6.07, 6.45) is 0.877. The topological polar surface area (TPSA) is 49.4 Å². The Morgan fingerprint density at radius 2 is 2.37 bits per heavy atom. The molecule has 1 aliphatic heterocycles. The van der Waals surface area contributed by atoms with Crippen LogP contribution in [-0.2, 0) is 16.4 Å². The highest BCUT2D eigenvalue weighted by atomic mass is 79.9. The van der Waals surface area contributed by atoms with E-state index in [1.54, 1.807) is 11.3 Å². The average molecular weight is 367 g/mol. The van der Waals surface area contributed by atoms with Crippen LogP contribution in [0.5, 0.6) is 0 Å². The van der Waals surface area contributed by atoms with E-state index in [0.29, 0.717) is 6.54 Å². The molecule has 2 rings (SSSR count). The monoisotopic (exact) mass is 366 g/mol. The van der Waals surface area contributed by atoms with Gasteiger partial charge in [-0.3, -0.25) is 0 Å². The molecule has 1 atom stereocenters. The van der Waals surface area contributed by atoms with Crippen molar-refractivity contribution in [1.82, 2.24) is 10.2 Å². The molecule has 0 amide bonds. The molecule has 1 saturated heterocycles. The number of nitrogens with zero attached hydrogens (tertiary/aromatic N) is 1. The van der Waals surface area contributed by atoms with Gasteiger partial charge in [0.05, 0.1) is 11.5 Å². The molecule has 0 radical (unpaired) electrons. The summed E-state index contributed by atoms with van der Waals surface area (Å²) < 4.78 is 24.2. The van der Waals surface area contributed by atoms with Crippen molar-refractivity contribution in [2.24, 2.45) is 0 Å². The zero-order chi connectivity index (χ0) is 13.9. The number of nitrogens with one attached hydrogen (secondary N) is 1. The van der Waals surface area contributed by atoms with E-state index in [1.807, 2.05) is 0 Å². The molecular formula is C12H19BrN2O2S2. The molecule has 0 bridgehead atoms. The molecule has 0 aromatic carbocycles. The third-order valence-corrected chi connectivity index (χ3v) is 6.63. The number of rotatable bonds is 5. The smallest absolute Gasteiger partial charge is 0.153 e. The highest BCUT2D eigenvalue weighted by molar-refractivity contribution is 9.10. The standard InChI is InChI=1S/C12H19BrN2O2S2/c1-15(7-12-6-10(13)8-18-12)4-2-11-9-19(16,17)5-3-14-11/h6,8,11,14H,2-5,7,9H2,1H3. The fourth-order valence-corrected chi connectivity index (χ4v) is 5.23. The van der Waals surface area contributed by atoms with Crippen LogP contribution in [-0.4, -0.2) is 51.0 Å². The van der Waals surface area contributed by atoms with Gasteiger partial charge in [-0.15, -0.1) is 11.3 Å². The second-order valence-corrected chi connectivity index (χ2v) is 9.16. The second kappa shape index (κ2) is 6.67. The SMILES string of the molecule is CN(CCC1CS(=O)(=O)CCN1)Cc1cc(Br)cs1. The van der Waals surface area contributed by atoms with Gasteiger partial charge in [0, 0.05) is 33.9 Å². The summed E-state index contributed by atoms with van der Waals surface area (Å²) in [4.78, 5) is 3.56. The van der Waals surface area contributed by atoms with Gasteiger partial charge in [-0.2, -0.15) is 0 Å². The first-order valence-corrected chi connectivity index (χ1v) is 9.79. The van der Waals surface area contributed by atoms with Crippen LogP contribution in [0.4, 0.5) is 0 Å². The van der Waals surface area contributed by atoms with Gasteiger partial charge in [0.2, 0.25) is 0 Å². The van der Waals surface area contributed by atoms with Gasteiger partial charge in [0.25, 0.3) is 0 Å². The van der Waals surface area contributed by atoms with Crippen LogP contribution in [0.1, 0.15) is 11.3 Å². The highest BCUT2D eigenvalue weighted by Crippen LogP contribution is 2.20. The van der Waals surface area contributed by atoms with E-state index in [1.165, 1.54) is 4.88 Å². The van der Waals surface area contributed by atoms with Crippen LogP contribution < -0.4 is 5.32 Å². The number of thiophene rings is 1. The lowest BCUT2D eigenvalue weighted by molar-refractivity contribution is 0.306. The van der Waals surface area contributed by atoms with Crippen molar-refractivity contribution in [1.29, 1.82) is 0 Å². The zero-order valence-electron chi connectivity index (χ0n) is 10.9. The lowest BCUT2D eigenvalue weighted by Gasteiger charge is -2.25. The lowest BCUT2D eigenvalue weighted by Crippen LogP contribution is -2.46. The van der Waals surface area contributed by atoms with E-state index in [0.717, 1.165) is 24.0 Å². The second-order valence-electron chi connectivity index (χ2n) is 5.02. The molecule has 19 heavy (non-hydrogen) atoms. The van der Waals surface area contributed by atoms with Gasteiger partial charge < -0.3 is 10.2 Å². The quantitative estimate of drug-likeness (QED) is 0.861. The fraction of sp³-hybridized carbons (Fsp3) is 0.667. The molecule has 0 spiro atoms. The van der Waals surface area contributed by atoms with Crippen molar-refractivity contribution in [3.05, 3.63) is 20.8 Å². The van der Waals surface area contributed by atoms with E-state index in [2.05, 4.69) is 44.6 Å². The summed E-state index contributed by atoms with van der Waals surface area (Å²) >= 11 is 5.19. The van der Waals surface area contributed by atoms with Gasteiger partial charge >= 0.3 is 0 Å². The Balaban J connectivity index is 1.75. The molecule has 1 aromatic rings. The molecular weight excluding hydrogens is 348 g/mol. The molecule has 2 heterocycles. The summed E-state index contributed by atoms with van der Waals surface area (Å²) in [5.41, 5.74) is 0. The lowest BCUT2D eigenvalue weighted by atomic mass is 10.2. The van der Waals surface area contributed by atoms with E-state index in [-0.39, 0.29) is 17.5 Å². The molecule has 0 aliphatic carbocycles. The number of sulfone groups is 1. The summed E-state index contributed by atoms with van der Waals surface area (Å²) in [5.74, 6) is 0.563. The van der Waals surface area contributed by atoms with E-state index < -0.39 is 9.84 Å². The first-order chi connectivity index (χ1) is 8.94. The van der Waals surface area contributed by atoms with Crippen LogP contribution >= 0.6 is 27.3 Å².